The highest BCUT2D eigenvalue weighted by atomic mass is 35.5. The number of anilines is 1. The van der Waals surface area contributed by atoms with Crippen molar-refractivity contribution in [3.8, 4) is 5.75 Å². The Morgan fingerprint density at radius 3 is 2.40 bits per heavy atom. The van der Waals surface area contributed by atoms with E-state index in [0.717, 1.165) is 0 Å². The number of rotatable bonds is 3. The predicted octanol–water partition coefficient (Wildman–Crippen LogP) is 1.79. The fourth-order valence-electron chi connectivity index (χ4n) is 0.967. The maximum absolute atomic E-state index is 10.9. The first kappa shape index (κ1) is 11.5. The number of hydrogen-bond donors (Lipinski definition) is 1. The van der Waals surface area contributed by atoms with Crippen LogP contribution in [0.4, 0.5) is 5.69 Å². The molecule has 0 heterocycles. The van der Waals surface area contributed by atoms with E-state index in [1.165, 1.54) is 6.92 Å². The Labute approximate surface area is 92.2 Å². The van der Waals surface area contributed by atoms with Gasteiger partial charge >= 0.3 is 5.97 Å². The summed E-state index contributed by atoms with van der Waals surface area (Å²) in [5, 5.41) is 2.56. The van der Waals surface area contributed by atoms with Crippen molar-refractivity contribution in [2.45, 2.75) is 6.92 Å². The normalized spacial score (nSPS) is 9.47. The Morgan fingerprint density at radius 2 is 1.93 bits per heavy atom. The minimum Gasteiger partial charge on any atom is -0.427 e. The molecule has 0 spiro atoms. The third-order valence-corrected chi connectivity index (χ3v) is 1.76. The second-order valence-corrected chi connectivity index (χ2v) is 3.07. The Morgan fingerprint density at radius 1 is 1.33 bits per heavy atom. The molecular formula is C10H10ClNO3. The van der Waals surface area contributed by atoms with Crippen LogP contribution in [-0.4, -0.2) is 17.8 Å². The molecule has 1 aromatic carbocycles. The Kier molecular flexibility index (Phi) is 4.12. The van der Waals surface area contributed by atoms with Crippen molar-refractivity contribution in [1.29, 1.82) is 0 Å². The maximum Gasteiger partial charge on any atom is 0.308 e. The zero-order valence-corrected chi connectivity index (χ0v) is 8.88. The molecule has 1 amide bonds. The highest BCUT2D eigenvalue weighted by Crippen LogP contribution is 2.15. The lowest BCUT2D eigenvalue weighted by molar-refractivity contribution is -0.131. The molecule has 1 aromatic rings. The van der Waals surface area contributed by atoms with Gasteiger partial charge < -0.3 is 10.1 Å². The number of carbonyl (C=O) groups excluding carboxylic acids is 2. The van der Waals surface area contributed by atoms with Crippen molar-refractivity contribution in [2.24, 2.45) is 0 Å². The molecule has 1 N–H and O–H groups in total. The van der Waals surface area contributed by atoms with Gasteiger partial charge in [-0.05, 0) is 24.3 Å². The first-order valence-electron chi connectivity index (χ1n) is 4.26. The zero-order chi connectivity index (χ0) is 11.3. The summed E-state index contributed by atoms with van der Waals surface area (Å²) in [4.78, 5) is 21.5. The average molecular weight is 228 g/mol. The second kappa shape index (κ2) is 5.36. The molecule has 0 aliphatic carbocycles. The van der Waals surface area contributed by atoms with Gasteiger partial charge in [-0.1, -0.05) is 0 Å². The molecule has 0 aromatic heterocycles. The van der Waals surface area contributed by atoms with Crippen LogP contribution >= 0.6 is 11.6 Å². The number of halogens is 1. The standard InChI is InChI=1S/C10H10ClNO3/c1-7(13)15-9-4-2-8(3-5-9)12-10(14)6-11/h2-5H,6H2,1H3,(H,12,14). The Bertz CT molecular complexity index is 361. The van der Waals surface area contributed by atoms with E-state index in [2.05, 4.69) is 5.32 Å². The molecule has 0 saturated heterocycles. The molecule has 15 heavy (non-hydrogen) atoms. The van der Waals surface area contributed by atoms with Gasteiger partial charge in [-0.2, -0.15) is 0 Å². The lowest BCUT2D eigenvalue weighted by atomic mass is 10.3. The number of nitrogens with one attached hydrogen (secondary N) is 1. The lowest BCUT2D eigenvalue weighted by Gasteiger charge is -2.04. The van der Waals surface area contributed by atoms with E-state index in [0.29, 0.717) is 11.4 Å². The van der Waals surface area contributed by atoms with Crippen LogP contribution in [-0.2, 0) is 9.59 Å². The highest BCUT2D eigenvalue weighted by molar-refractivity contribution is 6.29. The molecule has 0 radical (unpaired) electrons. The minimum absolute atomic E-state index is 0.0916. The molecule has 0 aliphatic rings. The van der Waals surface area contributed by atoms with Gasteiger partial charge in [0.25, 0.3) is 0 Å². The quantitative estimate of drug-likeness (QED) is 0.487. The van der Waals surface area contributed by atoms with Crippen LogP contribution in [0, 0.1) is 0 Å². The van der Waals surface area contributed by atoms with Crippen LogP contribution < -0.4 is 10.1 Å². The molecule has 80 valence electrons. The SMILES string of the molecule is CC(=O)Oc1ccc(NC(=O)CCl)cc1. The van der Waals surface area contributed by atoms with E-state index in [9.17, 15) is 9.59 Å². The molecule has 0 bridgehead atoms. The largest absolute Gasteiger partial charge is 0.427 e. The molecule has 0 fully saturated rings. The van der Waals surface area contributed by atoms with E-state index in [1.54, 1.807) is 24.3 Å². The minimum atomic E-state index is -0.382. The van der Waals surface area contributed by atoms with Gasteiger partial charge in [0, 0.05) is 12.6 Å². The average Bonchev–Trinajstić information content (AvgIpc) is 2.20. The summed E-state index contributed by atoms with van der Waals surface area (Å²) < 4.78 is 4.82. The number of amides is 1. The number of ether oxygens (including phenoxy) is 1. The van der Waals surface area contributed by atoms with Gasteiger partial charge in [0.1, 0.15) is 11.6 Å². The predicted molar refractivity (Wildman–Crippen MR) is 57.1 cm³/mol. The van der Waals surface area contributed by atoms with E-state index in [4.69, 9.17) is 16.3 Å². The van der Waals surface area contributed by atoms with E-state index in [1.807, 2.05) is 0 Å². The number of hydrogen-bond acceptors (Lipinski definition) is 3. The van der Waals surface area contributed by atoms with Gasteiger partial charge in [-0.3, -0.25) is 9.59 Å². The van der Waals surface area contributed by atoms with Crippen LogP contribution in [0.15, 0.2) is 24.3 Å². The first-order chi connectivity index (χ1) is 7.11. The number of carbonyl (C=O) groups is 2. The second-order valence-electron chi connectivity index (χ2n) is 2.80. The summed E-state index contributed by atoms with van der Waals surface area (Å²) in [6.07, 6.45) is 0. The van der Waals surface area contributed by atoms with Crippen molar-refractivity contribution < 1.29 is 14.3 Å². The summed E-state index contributed by atoms with van der Waals surface area (Å²) in [6, 6.07) is 6.43. The van der Waals surface area contributed by atoms with Crippen molar-refractivity contribution >= 4 is 29.2 Å². The van der Waals surface area contributed by atoms with Crippen LogP contribution in [0.2, 0.25) is 0 Å². The molecular weight excluding hydrogens is 218 g/mol. The number of alkyl halides is 1. The summed E-state index contributed by atoms with van der Waals surface area (Å²) in [7, 11) is 0. The Hall–Kier alpha value is -1.55. The molecule has 5 heteroatoms. The topological polar surface area (TPSA) is 55.4 Å². The van der Waals surface area contributed by atoms with Crippen LogP contribution in [0.3, 0.4) is 0 Å². The van der Waals surface area contributed by atoms with Crippen molar-refractivity contribution in [2.75, 3.05) is 11.2 Å². The molecule has 0 saturated carbocycles. The third-order valence-electron chi connectivity index (χ3n) is 1.52. The van der Waals surface area contributed by atoms with Crippen LogP contribution in [0.5, 0.6) is 5.75 Å². The number of esters is 1. The smallest absolute Gasteiger partial charge is 0.308 e. The van der Waals surface area contributed by atoms with Crippen molar-refractivity contribution in [3.05, 3.63) is 24.3 Å². The molecule has 1 rings (SSSR count). The fraction of sp³-hybridized carbons (Fsp3) is 0.200. The first-order valence-corrected chi connectivity index (χ1v) is 4.79. The zero-order valence-electron chi connectivity index (χ0n) is 8.12. The monoisotopic (exact) mass is 227 g/mol. The third kappa shape index (κ3) is 3.99. The van der Waals surface area contributed by atoms with Crippen LogP contribution in [0.1, 0.15) is 6.92 Å². The van der Waals surface area contributed by atoms with Gasteiger partial charge in [0.2, 0.25) is 5.91 Å². The van der Waals surface area contributed by atoms with Gasteiger partial charge in [0.15, 0.2) is 0 Å². The molecule has 0 atom stereocenters. The summed E-state index contributed by atoms with van der Waals surface area (Å²) in [5.74, 6) is -0.318. The van der Waals surface area contributed by atoms with Crippen molar-refractivity contribution in [3.63, 3.8) is 0 Å². The van der Waals surface area contributed by atoms with E-state index < -0.39 is 0 Å². The van der Waals surface area contributed by atoms with Gasteiger partial charge in [-0.15, -0.1) is 11.6 Å². The number of benzene rings is 1. The summed E-state index contributed by atoms with van der Waals surface area (Å²) in [5.41, 5.74) is 0.608. The van der Waals surface area contributed by atoms with Gasteiger partial charge in [0.05, 0.1) is 0 Å². The van der Waals surface area contributed by atoms with Crippen LogP contribution in [0.25, 0.3) is 0 Å². The van der Waals surface area contributed by atoms with E-state index in [-0.39, 0.29) is 17.8 Å². The van der Waals surface area contributed by atoms with E-state index >= 15 is 0 Å². The fourth-order valence-corrected chi connectivity index (χ4v) is 1.03. The highest BCUT2D eigenvalue weighted by Gasteiger charge is 2.01. The maximum atomic E-state index is 10.9. The molecule has 0 aliphatic heterocycles. The van der Waals surface area contributed by atoms with Gasteiger partial charge in [-0.25, -0.2) is 0 Å². The lowest BCUT2D eigenvalue weighted by Crippen LogP contribution is -2.12. The molecule has 4 nitrogen and oxygen atoms in total. The summed E-state index contributed by atoms with van der Waals surface area (Å²) >= 11 is 5.32. The molecule has 0 unspecified atom stereocenters. The summed E-state index contributed by atoms with van der Waals surface area (Å²) in [6.45, 7) is 1.32. The van der Waals surface area contributed by atoms with Crippen molar-refractivity contribution in [1.82, 2.24) is 0 Å². The Balaban J connectivity index is 2.64.